The van der Waals surface area contributed by atoms with E-state index >= 15 is 0 Å². The number of aryl methyl sites for hydroxylation is 1. The van der Waals surface area contributed by atoms with Crippen molar-refractivity contribution in [3.8, 4) is 0 Å². The van der Waals surface area contributed by atoms with Gasteiger partial charge in [-0.3, -0.25) is 4.79 Å². The second kappa shape index (κ2) is 6.70. The van der Waals surface area contributed by atoms with Gasteiger partial charge in [0.1, 0.15) is 12.4 Å². The van der Waals surface area contributed by atoms with Crippen molar-refractivity contribution in [3.05, 3.63) is 18.2 Å². The summed E-state index contributed by atoms with van der Waals surface area (Å²) in [6.07, 6.45) is 8.49. The van der Waals surface area contributed by atoms with Gasteiger partial charge in [-0.05, 0) is 18.8 Å². The van der Waals surface area contributed by atoms with Crippen LogP contribution in [-0.2, 0) is 23.1 Å². The molecule has 2 atom stereocenters. The molecule has 1 N–H and O–H groups in total. The zero-order valence-electron chi connectivity index (χ0n) is 11.8. The zero-order chi connectivity index (χ0) is 13.7. The molecular weight excluding hydrogens is 242 g/mol. The molecule has 1 heterocycles. The highest BCUT2D eigenvalue weighted by molar-refractivity contribution is 5.77. The monoisotopic (exact) mass is 265 g/mol. The molecule has 1 fully saturated rings. The normalized spacial score (nSPS) is 23.3. The Morgan fingerprint density at radius 1 is 1.58 bits per heavy atom. The van der Waals surface area contributed by atoms with Crippen LogP contribution in [0.2, 0.25) is 0 Å². The van der Waals surface area contributed by atoms with Crippen molar-refractivity contribution in [2.24, 2.45) is 13.0 Å². The number of amides is 1. The number of hydrogen-bond donors (Lipinski definition) is 1. The van der Waals surface area contributed by atoms with Crippen LogP contribution in [0.5, 0.6) is 0 Å². The number of nitrogens with one attached hydrogen (secondary N) is 1. The molecule has 1 aromatic heterocycles. The summed E-state index contributed by atoms with van der Waals surface area (Å²) in [6.45, 7) is 2.85. The molecule has 0 bridgehead atoms. The highest BCUT2D eigenvalue weighted by Crippen LogP contribution is 2.25. The first kappa shape index (κ1) is 14.1. The lowest BCUT2D eigenvalue weighted by Gasteiger charge is -2.26. The molecule has 1 aliphatic rings. The Labute approximate surface area is 114 Å². The summed E-state index contributed by atoms with van der Waals surface area (Å²) in [5.74, 6) is 1.50. The molecule has 0 spiro atoms. The fourth-order valence-electron chi connectivity index (χ4n) is 2.52. The molecule has 2 rings (SSSR count). The smallest absolute Gasteiger partial charge is 0.246 e. The van der Waals surface area contributed by atoms with Crippen LogP contribution in [0.15, 0.2) is 12.4 Å². The summed E-state index contributed by atoms with van der Waals surface area (Å²) in [4.78, 5) is 15.9. The number of carbonyl (C=O) groups is 1. The predicted molar refractivity (Wildman–Crippen MR) is 72.4 cm³/mol. The molecule has 1 amide bonds. The third-order valence-electron chi connectivity index (χ3n) is 3.70. The van der Waals surface area contributed by atoms with Gasteiger partial charge >= 0.3 is 0 Å². The van der Waals surface area contributed by atoms with Gasteiger partial charge in [0.05, 0.1) is 12.6 Å². The van der Waals surface area contributed by atoms with Gasteiger partial charge in [0, 0.05) is 19.4 Å². The Hall–Kier alpha value is -1.36. The van der Waals surface area contributed by atoms with Gasteiger partial charge in [0.25, 0.3) is 0 Å². The third-order valence-corrected chi connectivity index (χ3v) is 3.70. The maximum Gasteiger partial charge on any atom is 0.246 e. The topological polar surface area (TPSA) is 56.1 Å². The van der Waals surface area contributed by atoms with Crippen molar-refractivity contribution < 1.29 is 9.53 Å². The molecule has 1 aromatic rings. The quantitative estimate of drug-likeness (QED) is 0.880. The van der Waals surface area contributed by atoms with Crippen LogP contribution in [0.25, 0.3) is 0 Å². The van der Waals surface area contributed by atoms with E-state index in [1.165, 1.54) is 12.8 Å². The van der Waals surface area contributed by atoms with Crippen molar-refractivity contribution in [1.29, 1.82) is 0 Å². The van der Waals surface area contributed by atoms with E-state index in [9.17, 15) is 4.79 Å². The molecule has 5 heteroatoms. The van der Waals surface area contributed by atoms with E-state index in [1.54, 1.807) is 6.20 Å². The first-order valence-electron chi connectivity index (χ1n) is 6.99. The number of imidazole rings is 1. The van der Waals surface area contributed by atoms with Crippen LogP contribution >= 0.6 is 0 Å². The second-order valence-corrected chi connectivity index (χ2v) is 5.44. The van der Waals surface area contributed by atoms with Crippen LogP contribution in [0, 0.1) is 5.92 Å². The third kappa shape index (κ3) is 4.35. The summed E-state index contributed by atoms with van der Waals surface area (Å²) in [5.41, 5.74) is 0. The molecule has 19 heavy (non-hydrogen) atoms. The number of nitrogens with zero attached hydrogens (tertiary/aromatic N) is 2. The molecule has 0 aliphatic heterocycles. The van der Waals surface area contributed by atoms with Gasteiger partial charge in [-0.1, -0.05) is 19.8 Å². The van der Waals surface area contributed by atoms with E-state index in [1.807, 2.05) is 17.8 Å². The van der Waals surface area contributed by atoms with Crippen molar-refractivity contribution in [2.75, 3.05) is 6.61 Å². The Morgan fingerprint density at radius 3 is 3.11 bits per heavy atom. The molecule has 0 radical (unpaired) electrons. The van der Waals surface area contributed by atoms with Gasteiger partial charge in [-0.2, -0.15) is 0 Å². The summed E-state index contributed by atoms with van der Waals surface area (Å²) in [5, 5.41) is 2.83. The Morgan fingerprint density at radius 2 is 2.42 bits per heavy atom. The highest BCUT2D eigenvalue weighted by atomic mass is 16.5. The lowest BCUT2D eigenvalue weighted by Crippen LogP contribution is -2.31. The highest BCUT2D eigenvalue weighted by Gasteiger charge is 2.20. The number of hydrogen-bond acceptors (Lipinski definition) is 3. The van der Waals surface area contributed by atoms with E-state index in [4.69, 9.17) is 4.74 Å². The minimum atomic E-state index is -0.0683. The lowest BCUT2D eigenvalue weighted by molar-refractivity contribution is -0.128. The van der Waals surface area contributed by atoms with Crippen LogP contribution in [0.4, 0.5) is 0 Å². The minimum Gasteiger partial charge on any atom is -0.368 e. The second-order valence-electron chi connectivity index (χ2n) is 5.44. The number of ether oxygens (including phenoxy) is 1. The van der Waals surface area contributed by atoms with Gasteiger partial charge in [-0.25, -0.2) is 4.98 Å². The van der Waals surface area contributed by atoms with Crippen LogP contribution in [0.3, 0.4) is 0 Å². The molecule has 1 saturated carbocycles. The predicted octanol–water partition coefficient (Wildman–Crippen LogP) is 1.63. The largest absolute Gasteiger partial charge is 0.368 e. The zero-order valence-corrected chi connectivity index (χ0v) is 11.8. The SMILES string of the molecule is C[C@H]1CCC[C@@H](OCC(=O)NCc2nccn2C)C1. The fraction of sp³-hybridized carbons (Fsp3) is 0.714. The van der Waals surface area contributed by atoms with E-state index < -0.39 is 0 Å². The molecule has 106 valence electrons. The average molecular weight is 265 g/mol. The Balaban J connectivity index is 1.66. The summed E-state index contributed by atoms with van der Waals surface area (Å²) in [6, 6.07) is 0. The molecule has 5 nitrogen and oxygen atoms in total. The summed E-state index contributed by atoms with van der Waals surface area (Å²) < 4.78 is 7.57. The maximum atomic E-state index is 11.7. The van der Waals surface area contributed by atoms with Crippen LogP contribution in [0.1, 0.15) is 38.4 Å². The molecule has 0 aromatic carbocycles. The lowest BCUT2D eigenvalue weighted by atomic mass is 9.89. The fourth-order valence-corrected chi connectivity index (χ4v) is 2.52. The van der Waals surface area contributed by atoms with Crippen molar-refractivity contribution in [3.63, 3.8) is 0 Å². The van der Waals surface area contributed by atoms with Crippen LogP contribution < -0.4 is 5.32 Å². The average Bonchev–Trinajstić information content (AvgIpc) is 2.80. The summed E-state index contributed by atoms with van der Waals surface area (Å²) >= 11 is 0. The van der Waals surface area contributed by atoms with E-state index in [0.717, 1.165) is 24.6 Å². The molecular formula is C14H23N3O2. The number of carbonyl (C=O) groups excluding carboxylic acids is 1. The van der Waals surface area contributed by atoms with Crippen molar-refractivity contribution in [2.45, 2.75) is 45.3 Å². The number of rotatable bonds is 5. The van der Waals surface area contributed by atoms with E-state index in [2.05, 4.69) is 17.2 Å². The standard InChI is InChI=1S/C14H23N3O2/c1-11-4-3-5-12(8-11)19-10-14(18)16-9-13-15-6-7-17(13)2/h6-7,11-12H,3-5,8-10H2,1-2H3,(H,16,18)/t11-,12+/m0/s1. The van der Waals surface area contributed by atoms with Gasteiger partial charge in [0.15, 0.2) is 0 Å². The molecule has 0 saturated heterocycles. The first-order chi connectivity index (χ1) is 9.15. The van der Waals surface area contributed by atoms with Crippen molar-refractivity contribution >= 4 is 5.91 Å². The van der Waals surface area contributed by atoms with Gasteiger partial charge in [0.2, 0.25) is 5.91 Å². The number of aromatic nitrogens is 2. The Bertz CT molecular complexity index is 417. The van der Waals surface area contributed by atoms with E-state index in [-0.39, 0.29) is 18.6 Å². The van der Waals surface area contributed by atoms with Gasteiger partial charge in [-0.15, -0.1) is 0 Å². The maximum absolute atomic E-state index is 11.7. The van der Waals surface area contributed by atoms with E-state index in [0.29, 0.717) is 6.54 Å². The molecule has 1 aliphatic carbocycles. The van der Waals surface area contributed by atoms with Gasteiger partial charge < -0.3 is 14.6 Å². The minimum absolute atomic E-state index is 0.0683. The first-order valence-corrected chi connectivity index (χ1v) is 6.99. The summed E-state index contributed by atoms with van der Waals surface area (Å²) in [7, 11) is 1.91. The Kier molecular flexibility index (Phi) is 4.96. The molecule has 0 unspecified atom stereocenters. The van der Waals surface area contributed by atoms with Crippen LogP contribution in [-0.4, -0.2) is 28.2 Å². The van der Waals surface area contributed by atoms with Crippen molar-refractivity contribution in [1.82, 2.24) is 14.9 Å².